The van der Waals surface area contributed by atoms with Gasteiger partial charge in [0.15, 0.2) is 0 Å². The van der Waals surface area contributed by atoms with E-state index in [0.717, 1.165) is 32.5 Å². The lowest BCUT2D eigenvalue weighted by atomic mass is 10.2. The van der Waals surface area contributed by atoms with Gasteiger partial charge >= 0.3 is 0 Å². The lowest BCUT2D eigenvalue weighted by Gasteiger charge is -2.18. The summed E-state index contributed by atoms with van der Waals surface area (Å²) in [5.74, 6) is 0.348. The van der Waals surface area contributed by atoms with Gasteiger partial charge < -0.3 is 9.64 Å². The van der Waals surface area contributed by atoms with Gasteiger partial charge in [-0.3, -0.25) is 0 Å². The fraction of sp³-hybridized carbons (Fsp3) is 0.625. The van der Waals surface area contributed by atoms with Crippen LogP contribution in [0.1, 0.15) is 33.6 Å². The SMILES string of the molecule is CC[NH+](CC)CCC[C@@H](C)NS(=O)(=O)c1cc(Br)ccc1OC. The molecule has 0 fully saturated rings. The number of quaternary nitrogens is 1. The number of hydrogen-bond acceptors (Lipinski definition) is 3. The van der Waals surface area contributed by atoms with Crippen LogP contribution in [-0.4, -0.2) is 41.2 Å². The molecule has 1 aromatic rings. The molecule has 0 aromatic heterocycles. The third-order valence-corrected chi connectivity index (χ3v) is 6.04. The zero-order valence-electron chi connectivity index (χ0n) is 14.4. The minimum absolute atomic E-state index is 0.112. The Morgan fingerprint density at radius 2 is 1.96 bits per heavy atom. The van der Waals surface area contributed by atoms with Gasteiger partial charge in [-0.1, -0.05) is 15.9 Å². The van der Waals surface area contributed by atoms with Crippen LogP contribution in [0, 0.1) is 0 Å². The first-order valence-corrected chi connectivity index (χ1v) is 10.3. The van der Waals surface area contributed by atoms with E-state index in [1.165, 1.54) is 12.0 Å². The predicted octanol–water partition coefficient (Wildman–Crippen LogP) is 1.83. The molecule has 1 aromatic carbocycles. The van der Waals surface area contributed by atoms with E-state index in [2.05, 4.69) is 34.5 Å². The average molecular weight is 408 g/mol. The lowest BCUT2D eigenvalue weighted by molar-refractivity contribution is -0.896. The highest BCUT2D eigenvalue weighted by atomic mass is 79.9. The maximum Gasteiger partial charge on any atom is 0.244 e. The zero-order chi connectivity index (χ0) is 17.5. The van der Waals surface area contributed by atoms with Crippen LogP contribution in [0.15, 0.2) is 27.6 Å². The van der Waals surface area contributed by atoms with Crippen LogP contribution >= 0.6 is 15.9 Å². The molecule has 0 bridgehead atoms. The summed E-state index contributed by atoms with van der Waals surface area (Å²) in [6.45, 7) is 9.52. The molecule has 0 aliphatic rings. The number of hydrogen-bond donors (Lipinski definition) is 2. The Bertz CT molecular complexity index is 589. The fourth-order valence-electron chi connectivity index (χ4n) is 2.51. The molecule has 7 heteroatoms. The van der Waals surface area contributed by atoms with Crippen LogP contribution in [-0.2, 0) is 10.0 Å². The van der Waals surface area contributed by atoms with Crippen LogP contribution in [0.3, 0.4) is 0 Å². The molecule has 0 spiro atoms. The van der Waals surface area contributed by atoms with E-state index in [-0.39, 0.29) is 10.9 Å². The van der Waals surface area contributed by atoms with E-state index in [0.29, 0.717) is 10.2 Å². The summed E-state index contributed by atoms with van der Waals surface area (Å²) in [6.07, 6.45) is 1.81. The van der Waals surface area contributed by atoms with Crippen LogP contribution in [0.25, 0.3) is 0 Å². The van der Waals surface area contributed by atoms with Crippen molar-refractivity contribution in [2.75, 3.05) is 26.7 Å². The van der Waals surface area contributed by atoms with E-state index in [1.54, 1.807) is 18.2 Å². The molecule has 2 N–H and O–H groups in total. The van der Waals surface area contributed by atoms with Crippen LogP contribution < -0.4 is 14.4 Å². The summed E-state index contributed by atoms with van der Waals surface area (Å²) in [4.78, 5) is 1.70. The Labute approximate surface area is 148 Å². The first-order chi connectivity index (χ1) is 10.8. The molecule has 1 atom stereocenters. The summed E-state index contributed by atoms with van der Waals surface area (Å²) < 4.78 is 33.8. The smallest absolute Gasteiger partial charge is 0.244 e. The molecule has 0 saturated heterocycles. The van der Waals surface area contributed by atoms with Gasteiger partial charge in [-0.05, 0) is 51.8 Å². The second kappa shape index (κ2) is 9.61. The van der Waals surface area contributed by atoms with Crippen molar-refractivity contribution in [2.24, 2.45) is 0 Å². The number of methoxy groups -OCH3 is 1. The summed E-state index contributed by atoms with van der Waals surface area (Å²) in [5, 5.41) is 0. The summed E-state index contributed by atoms with van der Waals surface area (Å²) >= 11 is 3.31. The van der Waals surface area contributed by atoms with Crippen molar-refractivity contribution in [3.8, 4) is 5.75 Å². The molecule has 23 heavy (non-hydrogen) atoms. The number of ether oxygens (including phenoxy) is 1. The van der Waals surface area contributed by atoms with E-state index in [1.807, 2.05) is 6.92 Å². The minimum atomic E-state index is -3.60. The van der Waals surface area contributed by atoms with Crippen molar-refractivity contribution < 1.29 is 18.1 Å². The predicted molar refractivity (Wildman–Crippen MR) is 96.6 cm³/mol. The number of rotatable bonds is 10. The van der Waals surface area contributed by atoms with E-state index < -0.39 is 10.0 Å². The summed E-state index contributed by atoms with van der Waals surface area (Å²) in [7, 11) is -2.13. The van der Waals surface area contributed by atoms with Crippen LogP contribution in [0.5, 0.6) is 5.75 Å². The topological polar surface area (TPSA) is 59.8 Å². The molecule has 1 rings (SSSR count). The minimum Gasteiger partial charge on any atom is -0.495 e. The quantitative estimate of drug-likeness (QED) is 0.621. The van der Waals surface area contributed by atoms with Crippen molar-refractivity contribution >= 4 is 26.0 Å². The Morgan fingerprint density at radius 3 is 2.52 bits per heavy atom. The highest BCUT2D eigenvalue weighted by Crippen LogP contribution is 2.27. The van der Waals surface area contributed by atoms with E-state index in [9.17, 15) is 8.42 Å². The number of nitrogens with one attached hydrogen (secondary N) is 2. The van der Waals surface area contributed by atoms with Crippen LogP contribution in [0.2, 0.25) is 0 Å². The Balaban J connectivity index is 2.69. The molecule has 0 saturated carbocycles. The molecule has 0 aliphatic carbocycles. The third-order valence-electron chi connectivity index (χ3n) is 3.94. The van der Waals surface area contributed by atoms with Crippen molar-refractivity contribution in [1.82, 2.24) is 4.72 Å². The average Bonchev–Trinajstić information content (AvgIpc) is 2.51. The van der Waals surface area contributed by atoms with Crippen molar-refractivity contribution in [2.45, 2.75) is 44.6 Å². The van der Waals surface area contributed by atoms with Gasteiger partial charge in [-0.15, -0.1) is 0 Å². The van der Waals surface area contributed by atoms with Gasteiger partial charge in [0.25, 0.3) is 0 Å². The first kappa shape index (κ1) is 20.4. The number of halogens is 1. The molecule has 0 heterocycles. The third kappa shape index (κ3) is 6.41. The lowest BCUT2D eigenvalue weighted by Crippen LogP contribution is -3.11. The summed E-state index contributed by atoms with van der Waals surface area (Å²) in [5.41, 5.74) is 0. The second-order valence-corrected chi connectivity index (χ2v) is 8.26. The number of benzene rings is 1. The van der Waals surface area contributed by atoms with Gasteiger partial charge in [-0.2, -0.15) is 0 Å². The van der Waals surface area contributed by atoms with Crippen LogP contribution in [0.4, 0.5) is 0 Å². The maximum atomic E-state index is 12.6. The fourth-order valence-corrected chi connectivity index (χ4v) is 4.50. The van der Waals surface area contributed by atoms with Gasteiger partial charge in [0.05, 0.1) is 26.7 Å². The summed E-state index contributed by atoms with van der Waals surface area (Å²) in [6, 6.07) is 4.86. The molecule has 5 nitrogen and oxygen atoms in total. The highest BCUT2D eigenvalue weighted by molar-refractivity contribution is 9.10. The first-order valence-electron chi connectivity index (χ1n) is 8.03. The van der Waals surface area contributed by atoms with Crippen molar-refractivity contribution in [3.05, 3.63) is 22.7 Å². The van der Waals surface area contributed by atoms with Gasteiger partial charge in [0.1, 0.15) is 10.6 Å². The Hall–Kier alpha value is -0.630. The monoisotopic (exact) mass is 407 g/mol. The maximum absolute atomic E-state index is 12.6. The molecule has 0 aliphatic heterocycles. The zero-order valence-corrected chi connectivity index (χ0v) is 16.8. The van der Waals surface area contributed by atoms with Crippen molar-refractivity contribution in [1.29, 1.82) is 0 Å². The second-order valence-electron chi connectivity index (χ2n) is 5.67. The molecule has 0 amide bonds. The Kier molecular flexibility index (Phi) is 8.53. The normalized spacial score (nSPS) is 13.3. The molecular weight excluding hydrogens is 380 g/mol. The highest BCUT2D eigenvalue weighted by Gasteiger charge is 2.22. The van der Waals surface area contributed by atoms with Gasteiger partial charge in [0.2, 0.25) is 10.0 Å². The van der Waals surface area contributed by atoms with Crippen molar-refractivity contribution in [3.63, 3.8) is 0 Å². The standard InChI is InChI=1S/C16H27BrN2O3S/c1-5-19(6-2)11-7-8-13(3)18-23(20,21)16-12-14(17)9-10-15(16)22-4/h9-10,12-13,18H,5-8,11H2,1-4H3/p+1/t13-/m1/s1. The van der Waals surface area contributed by atoms with E-state index in [4.69, 9.17) is 4.74 Å². The molecule has 132 valence electrons. The Morgan fingerprint density at radius 1 is 1.30 bits per heavy atom. The molecular formula is C16H28BrN2O3S+. The van der Waals surface area contributed by atoms with E-state index >= 15 is 0 Å². The molecule has 0 radical (unpaired) electrons. The number of sulfonamides is 1. The molecule has 0 unspecified atom stereocenters. The van der Waals surface area contributed by atoms with Gasteiger partial charge in [0, 0.05) is 10.5 Å². The largest absolute Gasteiger partial charge is 0.495 e. The van der Waals surface area contributed by atoms with Gasteiger partial charge in [-0.25, -0.2) is 13.1 Å².